The van der Waals surface area contributed by atoms with Gasteiger partial charge in [0.25, 0.3) is 0 Å². The number of nitrogens with zero attached hydrogens (tertiary/aromatic N) is 1. The van der Waals surface area contributed by atoms with Crippen LogP contribution in [0, 0.1) is 6.92 Å². The Hall–Kier alpha value is -0.960. The van der Waals surface area contributed by atoms with Gasteiger partial charge in [0.1, 0.15) is 0 Å². The molecule has 0 bridgehead atoms. The molecule has 58 valence electrons. The molecule has 1 unspecified atom stereocenters. The molecule has 1 rings (SSSR count). The van der Waals surface area contributed by atoms with E-state index in [0.717, 1.165) is 10.5 Å². The van der Waals surface area contributed by atoms with E-state index in [1.165, 1.54) is 0 Å². The minimum Gasteiger partial charge on any atom is -0.230 e. The van der Waals surface area contributed by atoms with E-state index < -0.39 is 11.0 Å². The zero-order valence-electron chi connectivity index (χ0n) is 6.28. The number of benzene rings is 1. The lowest BCUT2D eigenvalue weighted by atomic mass is 10.2. The average molecular weight is 167 g/mol. The monoisotopic (exact) mass is 167 g/mol. The Kier molecular flexibility index (Phi) is 2.54. The first-order valence-electron chi connectivity index (χ1n) is 3.20. The third-order valence-corrected chi connectivity index (χ3v) is 2.47. The largest absolute Gasteiger partial charge is 0.230 e. The van der Waals surface area contributed by atoms with Crippen molar-refractivity contribution in [2.24, 2.45) is 4.40 Å². The van der Waals surface area contributed by atoms with Crippen LogP contribution in [0.3, 0.4) is 0 Å². The highest BCUT2D eigenvalue weighted by Crippen LogP contribution is 2.11. The molecule has 11 heavy (non-hydrogen) atoms. The fourth-order valence-electron chi connectivity index (χ4n) is 0.822. The quantitative estimate of drug-likeness (QED) is 0.617. The summed E-state index contributed by atoms with van der Waals surface area (Å²) in [4.78, 5) is 0.738. The molecule has 0 heterocycles. The van der Waals surface area contributed by atoms with Crippen molar-refractivity contribution < 1.29 is 4.21 Å². The molecule has 0 radical (unpaired) electrons. The molecule has 0 aromatic heterocycles. The van der Waals surface area contributed by atoms with Gasteiger partial charge in [0.05, 0.1) is 4.90 Å². The molecule has 0 saturated carbocycles. The van der Waals surface area contributed by atoms with Gasteiger partial charge in [0.15, 0.2) is 11.0 Å². The summed E-state index contributed by atoms with van der Waals surface area (Å²) in [5.74, 6) is 0. The highest BCUT2D eigenvalue weighted by molar-refractivity contribution is 7.83. The van der Waals surface area contributed by atoms with E-state index in [4.69, 9.17) is 0 Å². The normalized spacial score (nSPS) is 12.5. The lowest BCUT2D eigenvalue weighted by Crippen LogP contribution is -1.88. The summed E-state index contributed by atoms with van der Waals surface area (Å²) >= 11 is 0. The van der Waals surface area contributed by atoms with Crippen LogP contribution in [-0.4, -0.2) is 10.9 Å². The van der Waals surface area contributed by atoms with Gasteiger partial charge in [-0.05, 0) is 18.6 Å². The molecule has 0 fully saturated rings. The molecule has 2 nitrogen and oxygen atoms in total. The van der Waals surface area contributed by atoms with Gasteiger partial charge in [-0.15, -0.1) is 0 Å². The van der Waals surface area contributed by atoms with E-state index in [2.05, 4.69) is 11.1 Å². The van der Waals surface area contributed by atoms with Crippen molar-refractivity contribution in [1.29, 1.82) is 0 Å². The van der Waals surface area contributed by atoms with E-state index in [0.29, 0.717) is 0 Å². The zero-order valence-corrected chi connectivity index (χ0v) is 7.10. The summed E-state index contributed by atoms with van der Waals surface area (Å²) in [5, 5.41) is 0. The maximum absolute atomic E-state index is 11.1. The van der Waals surface area contributed by atoms with Gasteiger partial charge in [-0.2, -0.15) is 4.40 Å². The van der Waals surface area contributed by atoms with Crippen LogP contribution >= 0.6 is 0 Å². The van der Waals surface area contributed by atoms with E-state index in [1.54, 1.807) is 6.07 Å². The van der Waals surface area contributed by atoms with E-state index >= 15 is 0 Å². The second-order valence-electron chi connectivity index (χ2n) is 2.14. The predicted octanol–water partition coefficient (Wildman–Crippen LogP) is 1.72. The third kappa shape index (κ3) is 1.74. The van der Waals surface area contributed by atoms with Crippen molar-refractivity contribution in [3.63, 3.8) is 0 Å². The van der Waals surface area contributed by atoms with Crippen LogP contribution in [0.15, 0.2) is 33.6 Å². The highest BCUT2D eigenvalue weighted by Gasteiger charge is 2.01. The number of hydrogen-bond acceptors (Lipinski definition) is 1. The Balaban J connectivity index is 3.13. The molecule has 1 atom stereocenters. The van der Waals surface area contributed by atoms with Crippen LogP contribution in [0.4, 0.5) is 0 Å². The molecule has 0 aliphatic carbocycles. The maximum atomic E-state index is 11.1. The molecule has 0 amide bonds. The molecular weight excluding hydrogens is 158 g/mol. The molecule has 0 N–H and O–H groups in total. The second kappa shape index (κ2) is 3.44. The molecule has 0 aliphatic heterocycles. The van der Waals surface area contributed by atoms with Gasteiger partial charge in [0.2, 0.25) is 0 Å². The Labute approximate surface area is 68.6 Å². The van der Waals surface area contributed by atoms with Crippen molar-refractivity contribution in [2.75, 3.05) is 0 Å². The van der Waals surface area contributed by atoms with E-state index in [9.17, 15) is 4.21 Å². The number of hydrogen-bond donors (Lipinski definition) is 0. The Morgan fingerprint density at radius 3 is 2.64 bits per heavy atom. The molecule has 1 aromatic carbocycles. The third-order valence-electron chi connectivity index (χ3n) is 1.40. The average Bonchev–Trinajstić information content (AvgIpc) is 2.04. The fourth-order valence-corrected chi connectivity index (χ4v) is 1.50. The van der Waals surface area contributed by atoms with Crippen LogP contribution in [0.25, 0.3) is 0 Å². The van der Waals surface area contributed by atoms with Gasteiger partial charge in [-0.1, -0.05) is 18.2 Å². The maximum Gasteiger partial charge on any atom is 0.172 e. The standard InChI is InChI=1S/C8H9NOS/c1-7-5-3-4-6-8(7)11(10)9-2/h3-6H,2H2,1H3. The van der Waals surface area contributed by atoms with Crippen LogP contribution in [0.2, 0.25) is 0 Å². The summed E-state index contributed by atoms with van der Waals surface area (Å²) in [6.07, 6.45) is 0. The topological polar surface area (TPSA) is 29.4 Å². The first-order valence-corrected chi connectivity index (χ1v) is 4.30. The van der Waals surface area contributed by atoms with Crippen molar-refractivity contribution in [3.05, 3.63) is 29.8 Å². The predicted molar refractivity (Wildman–Crippen MR) is 47.1 cm³/mol. The summed E-state index contributed by atoms with van der Waals surface area (Å²) in [6, 6.07) is 7.43. The molecule has 3 heteroatoms. The van der Waals surface area contributed by atoms with Crippen LogP contribution in [0.1, 0.15) is 5.56 Å². The first-order chi connectivity index (χ1) is 5.25. The fraction of sp³-hybridized carbons (Fsp3) is 0.125. The van der Waals surface area contributed by atoms with E-state index in [-0.39, 0.29) is 0 Å². The van der Waals surface area contributed by atoms with Crippen molar-refractivity contribution in [2.45, 2.75) is 11.8 Å². The summed E-state index contributed by atoms with van der Waals surface area (Å²) in [6.45, 7) is 5.13. The van der Waals surface area contributed by atoms with Crippen LogP contribution in [-0.2, 0) is 11.0 Å². The summed E-state index contributed by atoms with van der Waals surface area (Å²) < 4.78 is 14.6. The smallest absolute Gasteiger partial charge is 0.172 e. The Morgan fingerprint density at radius 2 is 2.09 bits per heavy atom. The zero-order chi connectivity index (χ0) is 8.27. The molecule has 0 aliphatic rings. The molecule has 1 aromatic rings. The summed E-state index contributed by atoms with van der Waals surface area (Å²) in [5.41, 5.74) is 0.984. The van der Waals surface area contributed by atoms with Gasteiger partial charge < -0.3 is 0 Å². The minimum absolute atomic E-state index is 0.738. The van der Waals surface area contributed by atoms with Gasteiger partial charge in [0, 0.05) is 6.72 Å². The van der Waals surface area contributed by atoms with Crippen molar-refractivity contribution in [3.8, 4) is 0 Å². The summed E-state index contributed by atoms with van der Waals surface area (Å²) in [7, 11) is -1.29. The first kappa shape index (κ1) is 8.14. The lowest BCUT2D eigenvalue weighted by Gasteiger charge is -1.98. The van der Waals surface area contributed by atoms with Crippen LogP contribution in [0.5, 0.6) is 0 Å². The van der Waals surface area contributed by atoms with Crippen LogP contribution < -0.4 is 0 Å². The minimum atomic E-state index is -1.29. The second-order valence-corrected chi connectivity index (χ2v) is 3.34. The Bertz CT molecular complexity index is 296. The molecule has 0 saturated heterocycles. The van der Waals surface area contributed by atoms with Crippen molar-refractivity contribution >= 4 is 17.7 Å². The number of aryl methyl sites for hydroxylation is 1. The number of rotatable bonds is 2. The van der Waals surface area contributed by atoms with Gasteiger partial charge in [-0.25, -0.2) is 4.21 Å². The molecule has 0 spiro atoms. The van der Waals surface area contributed by atoms with Gasteiger partial charge in [-0.3, -0.25) is 0 Å². The highest BCUT2D eigenvalue weighted by atomic mass is 32.2. The van der Waals surface area contributed by atoms with Gasteiger partial charge >= 0.3 is 0 Å². The van der Waals surface area contributed by atoms with E-state index in [1.807, 2.05) is 25.1 Å². The lowest BCUT2D eigenvalue weighted by molar-refractivity contribution is 0.684. The Morgan fingerprint density at radius 1 is 1.45 bits per heavy atom. The van der Waals surface area contributed by atoms with Crippen molar-refractivity contribution in [1.82, 2.24) is 0 Å². The molecular formula is C8H9NOS. The SMILES string of the molecule is C=NS(=O)c1ccccc1C.